The minimum absolute atomic E-state index is 0.111. The molecule has 0 saturated carbocycles. The second-order valence-corrected chi connectivity index (χ2v) is 4.74. The van der Waals surface area contributed by atoms with E-state index in [0.29, 0.717) is 6.04 Å². The Kier molecular flexibility index (Phi) is 2.52. The second kappa shape index (κ2) is 4.04. The number of carbonyl (C=O) groups excluding carboxylic acids is 1. The van der Waals surface area contributed by atoms with Gasteiger partial charge in [-0.1, -0.05) is 0 Å². The molecule has 0 aliphatic carbocycles. The van der Waals surface area contributed by atoms with Crippen molar-refractivity contribution in [1.29, 1.82) is 0 Å². The van der Waals surface area contributed by atoms with E-state index in [0.717, 1.165) is 43.6 Å². The van der Waals surface area contributed by atoms with E-state index < -0.39 is 0 Å². The lowest BCUT2D eigenvalue weighted by atomic mass is 9.97. The van der Waals surface area contributed by atoms with Crippen molar-refractivity contribution in [1.82, 2.24) is 10.2 Å². The van der Waals surface area contributed by atoms with Crippen molar-refractivity contribution in [2.75, 3.05) is 19.6 Å². The molecular weight excluding hydrogens is 216 g/mol. The van der Waals surface area contributed by atoms with Gasteiger partial charge in [0, 0.05) is 24.7 Å². The highest BCUT2D eigenvalue weighted by Crippen LogP contribution is 2.25. The summed E-state index contributed by atoms with van der Waals surface area (Å²) < 4.78 is 0. The van der Waals surface area contributed by atoms with Gasteiger partial charge in [-0.3, -0.25) is 4.79 Å². The molecule has 0 radical (unpaired) electrons. The van der Waals surface area contributed by atoms with E-state index >= 15 is 0 Å². The van der Waals surface area contributed by atoms with Crippen molar-refractivity contribution in [3.63, 3.8) is 0 Å². The maximum Gasteiger partial charge on any atom is 0.254 e. The fourth-order valence-electron chi connectivity index (χ4n) is 2.75. The van der Waals surface area contributed by atoms with E-state index in [2.05, 4.69) is 5.32 Å². The first kappa shape index (κ1) is 10.6. The summed E-state index contributed by atoms with van der Waals surface area (Å²) in [5.74, 6) is 0.354. The average molecular weight is 232 g/mol. The van der Waals surface area contributed by atoms with Crippen LogP contribution in [0.4, 0.5) is 0 Å². The molecule has 17 heavy (non-hydrogen) atoms. The smallest absolute Gasteiger partial charge is 0.254 e. The number of phenolic OH excluding ortho intramolecular Hbond substituents is 1. The number of nitrogens with zero attached hydrogens (tertiary/aromatic N) is 1. The number of phenols is 1. The van der Waals surface area contributed by atoms with Gasteiger partial charge in [0.2, 0.25) is 0 Å². The van der Waals surface area contributed by atoms with Crippen LogP contribution >= 0.6 is 0 Å². The first-order chi connectivity index (χ1) is 8.25. The number of amides is 1. The highest BCUT2D eigenvalue weighted by molar-refractivity contribution is 5.97. The summed E-state index contributed by atoms with van der Waals surface area (Å²) >= 11 is 0. The van der Waals surface area contributed by atoms with Gasteiger partial charge >= 0.3 is 0 Å². The molecule has 4 nitrogen and oxygen atoms in total. The number of hydrogen-bond acceptors (Lipinski definition) is 3. The number of hydrogen-bond donors (Lipinski definition) is 2. The number of fused-ring (bicyclic) bond motifs is 1. The zero-order chi connectivity index (χ0) is 11.8. The predicted octanol–water partition coefficient (Wildman–Crippen LogP) is 0.752. The van der Waals surface area contributed by atoms with Gasteiger partial charge in [-0.25, -0.2) is 0 Å². The van der Waals surface area contributed by atoms with Crippen molar-refractivity contribution < 1.29 is 9.90 Å². The van der Waals surface area contributed by atoms with Crippen LogP contribution in [0.15, 0.2) is 18.2 Å². The summed E-state index contributed by atoms with van der Waals surface area (Å²) in [4.78, 5) is 14.3. The van der Waals surface area contributed by atoms with Crippen molar-refractivity contribution >= 4 is 5.91 Å². The number of carbonyl (C=O) groups is 1. The third-order valence-corrected chi connectivity index (χ3v) is 3.68. The predicted molar refractivity (Wildman–Crippen MR) is 64.1 cm³/mol. The molecule has 90 valence electrons. The Bertz CT molecular complexity index is 453. The minimum Gasteiger partial charge on any atom is -0.508 e. The van der Waals surface area contributed by atoms with Crippen molar-refractivity contribution in [2.45, 2.75) is 18.9 Å². The van der Waals surface area contributed by atoms with Gasteiger partial charge in [-0.2, -0.15) is 0 Å². The lowest BCUT2D eigenvalue weighted by Gasteiger charge is -2.33. The van der Waals surface area contributed by atoms with Crippen LogP contribution < -0.4 is 5.32 Å². The van der Waals surface area contributed by atoms with Gasteiger partial charge in [0.05, 0.1) is 0 Å². The lowest BCUT2D eigenvalue weighted by Crippen LogP contribution is -2.45. The SMILES string of the molecule is O=C1c2ccc(O)cc2CCN1C1CCNC1. The van der Waals surface area contributed by atoms with Crippen molar-refractivity contribution in [3.05, 3.63) is 29.3 Å². The quantitative estimate of drug-likeness (QED) is 0.751. The average Bonchev–Trinajstić information content (AvgIpc) is 2.82. The molecule has 0 aromatic heterocycles. The van der Waals surface area contributed by atoms with Crippen molar-refractivity contribution in [3.8, 4) is 5.75 Å². The maximum atomic E-state index is 12.3. The molecule has 1 amide bonds. The van der Waals surface area contributed by atoms with Crippen LogP contribution in [-0.4, -0.2) is 41.6 Å². The zero-order valence-corrected chi connectivity index (χ0v) is 9.65. The minimum atomic E-state index is 0.111. The van der Waals surface area contributed by atoms with Crippen LogP contribution in [0, 0.1) is 0 Å². The lowest BCUT2D eigenvalue weighted by molar-refractivity contribution is 0.0674. The molecule has 2 aliphatic heterocycles. The van der Waals surface area contributed by atoms with Crippen molar-refractivity contribution in [2.24, 2.45) is 0 Å². The topological polar surface area (TPSA) is 52.6 Å². The van der Waals surface area contributed by atoms with Gasteiger partial charge in [0.1, 0.15) is 5.75 Å². The van der Waals surface area contributed by atoms with E-state index in [1.807, 2.05) is 4.90 Å². The standard InChI is InChI=1S/C13H16N2O2/c16-11-1-2-12-9(7-11)4-6-15(13(12)17)10-3-5-14-8-10/h1-2,7,10,14,16H,3-6,8H2. The van der Waals surface area contributed by atoms with Gasteiger partial charge < -0.3 is 15.3 Å². The number of rotatable bonds is 1. The summed E-state index contributed by atoms with van der Waals surface area (Å²) in [6.45, 7) is 2.66. The van der Waals surface area contributed by atoms with Crippen LogP contribution in [-0.2, 0) is 6.42 Å². The van der Waals surface area contributed by atoms with Crippen LogP contribution in [0.2, 0.25) is 0 Å². The van der Waals surface area contributed by atoms with Crippen LogP contribution in [0.1, 0.15) is 22.3 Å². The Hall–Kier alpha value is -1.55. The van der Waals surface area contributed by atoms with Crippen LogP contribution in [0.25, 0.3) is 0 Å². The van der Waals surface area contributed by atoms with E-state index in [-0.39, 0.29) is 11.7 Å². The molecule has 2 aliphatic rings. The maximum absolute atomic E-state index is 12.3. The Labute approximate surface area is 100 Å². The molecule has 4 heteroatoms. The summed E-state index contributed by atoms with van der Waals surface area (Å²) in [5.41, 5.74) is 1.72. The first-order valence-electron chi connectivity index (χ1n) is 6.09. The summed E-state index contributed by atoms with van der Waals surface area (Å²) in [7, 11) is 0. The molecule has 1 aromatic carbocycles. The van der Waals surface area contributed by atoms with Gasteiger partial charge in [-0.15, -0.1) is 0 Å². The monoisotopic (exact) mass is 232 g/mol. The molecule has 0 spiro atoms. The Morgan fingerprint density at radius 1 is 1.41 bits per heavy atom. The zero-order valence-electron chi connectivity index (χ0n) is 9.65. The van der Waals surface area contributed by atoms with E-state index in [9.17, 15) is 9.90 Å². The Morgan fingerprint density at radius 2 is 2.29 bits per heavy atom. The molecule has 1 atom stereocenters. The molecule has 1 saturated heterocycles. The molecule has 1 aromatic rings. The molecule has 1 unspecified atom stereocenters. The number of nitrogens with one attached hydrogen (secondary N) is 1. The van der Waals surface area contributed by atoms with Crippen LogP contribution in [0.3, 0.4) is 0 Å². The Balaban J connectivity index is 1.89. The fourth-order valence-corrected chi connectivity index (χ4v) is 2.75. The molecule has 1 fully saturated rings. The first-order valence-corrected chi connectivity index (χ1v) is 6.09. The second-order valence-electron chi connectivity index (χ2n) is 4.74. The van der Waals surface area contributed by atoms with Gasteiger partial charge in [-0.05, 0) is 43.1 Å². The third-order valence-electron chi connectivity index (χ3n) is 3.68. The normalized spacial score (nSPS) is 23.9. The third kappa shape index (κ3) is 1.78. The van der Waals surface area contributed by atoms with Crippen LogP contribution in [0.5, 0.6) is 5.75 Å². The number of benzene rings is 1. The molecular formula is C13H16N2O2. The van der Waals surface area contributed by atoms with Gasteiger partial charge in [0.25, 0.3) is 5.91 Å². The molecule has 3 rings (SSSR count). The fraction of sp³-hybridized carbons (Fsp3) is 0.462. The number of aromatic hydroxyl groups is 1. The summed E-state index contributed by atoms with van der Waals surface area (Å²) in [6, 6.07) is 5.37. The summed E-state index contributed by atoms with van der Waals surface area (Å²) in [5, 5.41) is 12.7. The van der Waals surface area contributed by atoms with E-state index in [1.54, 1.807) is 18.2 Å². The van der Waals surface area contributed by atoms with E-state index in [1.165, 1.54) is 0 Å². The highest BCUT2D eigenvalue weighted by Gasteiger charge is 2.31. The summed E-state index contributed by atoms with van der Waals surface area (Å²) in [6.07, 6.45) is 1.88. The molecule has 2 heterocycles. The molecule has 0 bridgehead atoms. The molecule has 2 N–H and O–H groups in total. The van der Waals surface area contributed by atoms with Gasteiger partial charge in [0.15, 0.2) is 0 Å². The largest absolute Gasteiger partial charge is 0.508 e. The Morgan fingerprint density at radius 3 is 3.06 bits per heavy atom. The van der Waals surface area contributed by atoms with E-state index in [4.69, 9.17) is 0 Å². The highest BCUT2D eigenvalue weighted by atomic mass is 16.3.